The summed E-state index contributed by atoms with van der Waals surface area (Å²) < 4.78 is 5.08. The predicted molar refractivity (Wildman–Crippen MR) is 68.6 cm³/mol. The lowest BCUT2D eigenvalue weighted by Crippen LogP contribution is -2.24. The number of benzene rings is 1. The Bertz CT molecular complexity index is 299. The van der Waals surface area contributed by atoms with Crippen LogP contribution in [0.4, 0.5) is 0 Å². The van der Waals surface area contributed by atoms with Gasteiger partial charge in [0.1, 0.15) is 0 Å². The molecule has 1 rings (SSSR count). The van der Waals surface area contributed by atoms with Crippen molar-refractivity contribution in [3.8, 4) is 0 Å². The summed E-state index contributed by atoms with van der Waals surface area (Å²) in [6, 6.07) is 8.74. The minimum Gasteiger partial charge on any atom is -0.385 e. The molecule has 0 amide bonds. The summed E-state index contributed by atoms with van der Waals surface area (Å²) in [6.07, 6.45) is 1.11. The first-order valence-corrected chi connectivity index (χ1v) is 6.03. The first kappa shape index (κ1) is 13.2. The number of aryl methyl sites for hydroxylation is 1. The molecule has 0 aromatic heterocycles. The maximum absolute atomic E-state index is 5.08. The lowest BCUT2D eigenvalue weighted by atomic mass is 10.1. The Labute approximate surface area is 99.2 Å². The number of rotatable bonds is 7. The minimum atomic E-state index is 0.852. The minimum absolute atomic E-state index is 0.852. The molecule has 0 bridgehead atoms. The monoisotopic (exact) mass is 221 g/mol. The number of nitrogens with zero attached hydrogens (tertiary/aromatic N) is 1. The molecule has 0 aliphatic carbocycles. The number of hydrogen-bond acceptors (Lipinski definition) is 2. The molecule has 0 saturated carbocycles. The lowest BCUT2D eigenvalue weighted by Gasteiger charge is -2.20. The van der Waals surface area contributed by atoms with E-state index in [9.17, 15) is 0 Å². The Morgan fingerprint density at radius 2 is 2.12 bits per heavy atom. The standard InChI is InChI=1S/C14H23NO/c1-4-15(9-6-10-16-3)12-14-8-5-7-13(2)11-14/h5,7-8,11H,4,6,9-10,12H2,1-3H3. The van der Waals surface area contributed by atoms with Gasteiger partial charge >= 0.3 is 0 Å². The zero-order chi connectivity index (χ0) is 11.8. The predicted octanol–water partition coefficient (Wildman–Crippen LogP) is 2.85. The van der Waals surface area contributed by atoms with Crippen molar-refractivity contribution < 1.29 is 4.74 Å². The number of methoxy groups -OCH3 is 1. The Morgan fingerprint density at radius 1 is 1.31 bits per heavy atom. The second kappa shape index (κ2) is 7.42. The van der Waals surface area contributed by atoms with Gasteiger partial charge in [-0.1, -0.05) is 36.8 Å². The van der Waals surface area contributed by atoms with Crippen LogP contribution in [0.3, 0.4) is 0 Å². The van der Waals surface area contributed by atoms with E-state index in [1.54, 1.807) is 7.11 Å². The van der Waals surface area contributed by atoms with Gasteiger partial charge in [-0.2, -0.15) is 0 Å². The summed E-state index contributed by atoms with van der Waals surface area (Å²) in [6.45, 7) is 8.45. The highest BCUT2D eigenvalue weighted by molar-refractivity contribution is 5.22. The van der Waals surface area contributed by atoms with E-state index in [-0.39, 0.29) is 0 Å². The number of hydrogen-bond donors (Lipinski definition) is 0. The van der Waals surface area contributed by atoms with Gasteiger partial charge in [0.25, 0.3) is 0 Å². The Balaban J connectivity index is 2.43. The van der Waals surface area contributed by atoms with E-state index < -0.39 is 0 Å². The van der Waals surface area contributed by atoms with E-state index in [2.05, 4.69) is 43.0 Å². The third-order valence-electron chi connectivity index (χ3n) is 2.76. The molecule has 1 aromatic rings. The highest BCUT2D eigenvalue weighted by Crippen LogP contribution is 2.07. The normalized spacial score (nSPS) is 11.0. The summed E-state index contributed by atoms with van der Waals surface area (Å²) in [5, 5.41) is 0. The molecular formula is C14H23NO. The van der Waals surface area contributed by atoms with Crippen LogP contribution < -0.4 is 0 Å². The fourth-order valence-corrected chi connectivity index (χ4v) is 1.85. The summed E-state index contributed by atoms with van der Waals surface area (Å²) in [5.41, 5.74) is 2.74. The largest absolute Gasteiger partial charge is 0.385 e. The lowest BCUT2D eigenvalue weighted by molar-refractivity contribution is 0.171. The molecular weight excluding hydrogens is 198 g/mol. The average molecular weight is 221 g/mol. The van der Waals surface area contributed by atoms with Crippen molar-refractivity contribution in [3.63, 3.8) is 0 Å². The van der Waals surface area contributed by atoms with Crippen LogP contribution >= 0.6 is 0 Å². The quantitative estimate of drug-likeness (QED) is 0.656. The van der Waals surface area contributed by atoms with E-state index >= 15 is 0 Å². The van der Waals surface area contributed by atoms with Gasteiger partial charge < -0.3 is 4.74 Å². The fraction of sp³-hybridized carbons (Fsp3) is 0.571. The topological polar surface area (TPSA) is 12.5 Å². The first-order chi connectivity index (χ1) is 7.76. The highest BCUT2D eigenvalue weighted by Gasteiger charge is 2.03. The molecule has 2 nitrogen and oxygen atoms in total. The first-order valence-electron chi connectivity index (χ1n) is 6.03. The molecule has 1 aromatic carbocycles. The van der Waals surface area contributed by atoms with Crippen LogP contribution in [0.25, 0.3) is 0 Å². The van der Waals surface area contributed by atoms with Gasteiger partial charge in [0.05, 0.1) is 0 Å². The SMILES string of the molecule is CCN(CCCOC)Cc1cccc(C)c1. The van der Waals surface area contributed by atoms with E-state index in [1.807, 2.05) is 0 Å². The van der Waals surface area contributed by atoms with Gasteiger partial charge in [-0.15, -0.1) is 0 Å². The molecule has 2 heteroatoms. The van der Waals surface area contributed by atoms with Crippen molar-refractivity contribution >= 4 is 0 Å². The van der Waals surface area contributed by atoms with Crippen LogP contribution in [0.15, 0.2) is 24.3 Å². The summed E-state index contributed by atoms with van der Waals surface area (Å²) in [4.78, 5) is 2.45. The van der Waals surface area contributed by atoms with Crippen LogP contribution in [0.1, 0.15) is 24.5 Å². The third kappa shape index (κ3) is 4.77. The van der Waals surface area contributed by atoms with Crippen molar-refractivity contribution in [2.24, 2.45) is 0 Å². The van der Waals surface area contributed by atoms with Gasteiger partial charge in [0.2, 0.25) is 0 Å². The third-order valence-corrected chi connectivity index (χ3v) is 2.76. The maximum atomic E-state index is 5.08. The number of ether oxygens (including phenoxy) is 1. The second-order valence-corrected chi connectivity index (χ2v) is 4.20. The van der Waals surface area contributed by atoms with Crippen LogP contribution in [-0.4, -0.2) is 31.7 Å². The van der Waals surface area contributed by atoms with E-state index in [0.29, 0.717) is 0 Å². The molecule has 0 unspecified atom stereocenters. The van der Waals surface area contributed by atoms with E-state index in [0.717, 1.165) is 32.7 Å². The van der Waals surface area contributed by atoms with Crippen LogP contribution in [0, 0.1) is 6.92 Å². The van der Waals surface area contributed by atoms with Crippen LogP contribution in [-0.2, 0) is 11.3 Å². The molecule has 0 fully saturated rings. The van der Waals surface area contributed by atoms with Gasteiger partial charge in [-0.05, 0) is 25.5 Å². The highest BCUT2D eigenvalue weighted by atomic mass is 16.5. The van der Waals surface area contributed by atoms with Crippen molar-refractivity contribution in [1.82, 2.24) is 4.90 Å². The van der Waals surface area contributed by atoms with Crippen molar-refractivity contribution in [1.29, 1.82) is 0 Å². The van der Waals surface area contributed by atoms with Crippen molar-refractivity contribution in [2.45, 2.75) is 26.8 Å². The maximum Gasteiger partial charge on any atom is 0.0474 e. The van der Waals surface area contributed by atoms with Crippen molar-refractivity contribution in [3.05, 3.63) is 35.4 Å². The molecule has 0 aliphatic rings. The van der Waals surface area contributed by atoms with E-state index in [1.165, 1.54) is 11.1 Å². The molecule has 0 heterocycles. The van der Waals surface area contributed by atoms with Gasteiger partial charge in [-0.3, -0.25) is 4.90 Å². The Hall–Kier alpha value is -0.860. The van der Waals surface area contributed by atoms with E-state index in [4.69, 9.17) is 4.74 Å². The zero-order valence-corrected chi connectivity index (χ0v) is 10.7. The average Bonchev–Trinajstić information content (AvgIpc) is 2.28. The fourth-order valence-electron chi connectivity index (χ4n) is 1.85. The van der Waals surface area contributed by atoms with Gasteiger partial charge in [-0.25, -0.2) is 0 Å². The summed E-state index contributed by atoms with van der Waals surface area (Å²) >= 11 is 0. The Morgan fingerprint density at radius 3 is 2.75 bits per heavy atom. The van der Waals surface area contributed by atoms with Gasteiger partial charge in [0, 0.05) is 26.8 Å². The zero-order valence-electron chi connectivity index (χ0n) is 10.7. The molecule has 0 atom stereocenters. The van der Waals surface area contributed by atoms with Crippen LogP contribution in [0.5, 0.6) is 0 Å². The van der Waals surface area contributed by atoms with Gasteiger partial charge in [0.15, 0.2) is 0 Å². The second-order valence-electron chi connectivity index (χ2n) is 4.20. The molecule has 0 radical (unpaired) electrons. The smallest absolute Gasteiger partial charge is 0.0474 e. The van der Waals surface area contributed by atoms with Crippen molar-refractivity contribution in [2.75, 3.05) is 26.8 Å². The summed E-state index contributed by atoms with van der Waals surface area (Å²) in [7, 11) is 1.76. The molecule has 0 saturated heterocycles. The summed E-state index contributed by atoms with van der Waals surface area (Å²) in [5.74, 6) is 0. The molecule has 0 spiro atoms. The van der Waals surface area contributed by atoms with Crippen LogP contribution in [0.2, 0.25) is 0 Å². The molecule has 0 aliphatic heterocycles. The molecule has 0 N–H and O–H groups in total. The Kier molecular flexibility index (Phi) is 6.12. The molecule has 16 heavy (non-hydrogen) atoms. The molecule has 90 valence electrons.